The number of aromatic carboxylic acids is 1. The van der Waals surface area contributed by atoms with E-state index < -0.39 is 53.6 Å². The molecule has 2 atom stereocenters. The van der Waals surface area contributed by atoms with Crippen LogP contribution < -0.4 is 84.7 Å². The number of nitrogens with zero attached hydrogens (tertiary/aromatic N) is 13. The minimum atomic E-state index is -1.11. The van der Waals surface area contributed by atoms with Crippen LogP contribution in [0.5, 0.6) is 6.01 Å². The van der Waals surface area contributed by atoms with Crippen LogP contribution in [-0.2, 0) is 19.1 Å². The van der Waals surface area contributed by atoms with Gasteiger partial charge in [-0.25, -0.2) is 44.3 Å². The first-order chi connectivity index (χ1) is 58.5. The van der Waals surface area contributed by atoms with Gasteiger partial charge in [0.05, 0.1) is 19.3 Å². The van der Waals surface area contributed by atoms with Crippen molar-refractivity contribution >= 4 is 157 Å². The van der Waals surface area contributed by atoms with Crippen LogP contribution in [0.2, 0.25) is 21.0 Å². The molecule has 660 valence electrons. The first-order valence-corrected chi connectivity index (χ1v) is 39.5. The Morgan fingerprint density at radius 1 is 0.452 bits per heavy atom. The number of anilines is 10. The predicted octanol–water partition coefficient (Wildman–Crippen LogP) is 11.4. The summed E-state index contributed by atoms with van der Waals surface area (Å²) < 4.78 is 9.69. The maximum atomic E-state index is 11.9. The molecular formula is C85H99Cl4LiN24O12. The van der Waals surface area contributed by atoms with E-state index in [2.05, 4.69) is 98.9 Å². The van der Waals surface area contributed by atoms with Crippen molar-refractivity contribution in [3.63, 3.8) is 0 Å². The van der Waals surface area contributed by atoms with Gasteiger partial charge in [-0.15, -0.1) is 5.10 Å². The molecule has 0 unspecified atom stereocenters. The number of ether oxygens (including phenoxy) is 2. The second-order valence-corrected chi connectivity index (χ2v) is 29.8. The number of carboxylic acids is 1. The molecule has 126 heavy (non-hydrogen) atoms. The number of hydrogen-bond donors (Lipinski definition) is 12. The average molecular weight is 1800 g/mol. The molecule has 12 aromatic rings. The third-order valence-corrected chi connectivity index (χ3v) is 17.3. The van der Waals surface area contributed by atoms with E-state index in [1.807, 2.05) is 200 Å². The molecule has 6 aromatic carbocycles. The quantitative estimate of drug-likeness (QED) is 0.00930. The molecule has 0 aliphatic carbocycles. The van der Waals surface area contributed by atoms with Crippen molar-refractivity contribution < 1.29 is 77.3 Å². The number of carboxylic acid groups (broad SMARTS) is 1. The first kappa shape index (κ1) is 105. The molecule has 41 heteroatoms. The number of primary amides is 4. The number of para-hydroxylation sites is 1. The maximum absolute atomic E-state index is 11.9. The Kier molecular flexibility index (Phi) is 42.1. The van der Waals surface area contributed by atoms with Crippen molar-refractivity contribution in [2.75, 3.05) is 45.5 Å². The molecule has 0 spiro atoms. The van der Waals surface area contributed by atoms with Crippen LogP contribution in [0.4, 0.5) is 57.7 Å². The summed E-state index contributed by atoms with van der Waals surface area (Å²) in [5.41, 5.74) is 49.0. The van der Waals surface area contributed by atoms with Gasteiger partial charge in [0.1, 0.15) is 67.5 Å². The fraction of sp³-hybridized carbons (Fsp3) is 0.259. The summed E-state index contributed by atoms with van der Waals surface area (Å²) in [6, 6.07) is 35.8. The van der Waals surface area contributed by atoms with E-state index in [4.69, 9.17) is 100 Å². The van der Waals surface area contributed by atoms with Crippen LogP contribution in [0.15, 0.2) is 146 Å². The largest absolute Gasteiger partial charge is 1.00 e. The molecule has 0 saturated carbocycles. The number of nitrogens with one attached hydrogen (secondary N) is 5. The summed E-state index contributed by atoms with van der Waals surface area (Å²) in [7, 11) is 0. The number of esters is 2. The Bertz CT molecular complexity index is 5670. The SMILES string of the molecule is CC(C)[C@@H](N)C(N)=O.CCOC(=O)c1cnc(Cl)nc1Cl.CCOC(=O)c1cnc(Cl)nc1Nc1cc(C)cc(C)c1.Cc1cc(C)cc(N)c1.Cc1cc(C)cc(Nc2nc(Cl)ncc2C(=O)O)c1.Cc1cc(C)cc(Nc2nc(N[C@@H](C(N)=O)C(C)C)ncc2C(N)=O)c1.Cc1cc(C)cc(Nc2nc(On3nnc4ccccc43)ncc2C(N)=O)c1.[Li+].[OH-]. The van der Waals surface area contributed by atoms with Crippen molar-refractivity contribution in [3.05, 3.63) is 251 Å². The van der Waals surface area contributed by atoms with E-state index in [-0.39, 0.29) is 128 Å². The number of fused-ring (bicyclic) bond motifs is 1. The Balaban J connectivity index is 0.000000318. The second-order valence-electron chi connectivity index (χ2n) is 28.4. The molecule has 0 aliphatic rings. The monoisotopic (exact) mass is 1790 g/mol. The molecule has 4 amide bonds. The zero-order valence-electron chi connectivity index (χ0n) is 72.3. The summed E-state index contributed by atoms with van der Waals surface area (Å²) in [6.07, 6.45) is 6.41. The number of aromatic nitrogens is 13. The summed E-state index contributed by atoms with van der Waals surface area (Å²) in [5.74, 6) is -3.10. The van der Waals surface area contributed by atoms with Crippen LogP contribution in [0.25, 0.3) is 11.0 Å². The molecule has 36 nitrogen and oxygen atoms in total. The summed E-state index contributed by atoms with van der Waals surface area (Å²) in [4.78, 5) is 126. The first-order valence-electron chi connectivity index (χ1n) is 38.0. The molecule has 6 heterocycles. The van der Waals surface area contributed by atoms with Gasteiger partial charge in [0, 0.05) is 59.4 Å². The minimum Gasteiger partial charge on any atom is -0.870 e. The Hall–Kier alpha value is -13.3. The van der Waals surface area contributed by atoms with E-state index in [9.17, 15) is 33.6 Å². The molecule has 0 fully saturated rings. The Morgan fingerprint density at radius 2 is 0.810 bits per heavy atom. The number of halogens is 4. The van der Waals surface area contributed by atoms with Gasteiger partial charge in [-0.3, -0.25) is 19.2 Å². The van der Waals surface area contributed by atoms with Crippen molar-refractivity contribution in [1.82, 2.24) is 65.0 Å². The van der Waals surface area contributed by atoms with Crippen LogP contribution in [0.3, 0.4) is 0 Å². The number of nitrogens with two attached hydrogens (primary N) is 6. The van der Waals surface area contributed by atoms with E-state index >= 15 is 0 Å². The minimum absolute atomic E-state index is 0. The van der Waals surface area contributed by atoms with E-state index in [0.29, 0.717) is 16.9 Å². The van der Waals surface area contributed by atoms with Crippen LogP contribution in [0.1, 0.15) is 149 Å². The van der Waals surface area contributed by atoms with Gasteiger partial charge in [-0.2, -0.15) is 19.9 Å². The molecule has 0 saturated heterocycles. The van der Waals surface area contributed by atoms with Crippen molar-refractivity contribution in [1.29, 1.82) is 0 Å². The van der Waals surface area contributed by atoms with Gasteiger partial charge in [0.15, 0.2) is 5.82 Å². The third kappa shape index (κ3) is 34.1. The van der Waals surface area contributed by atoms with E-state index in [1.165, 1.54) is 47.0 Å². The molecule has 0 aliphatic heterocycles. The normalized spacial score (nSPS) is 10.7. The molecule has 19 N–H and O–H groups in total. The Labute approximate surface area is 759 Å². The number of hydrogen-bond acceptors (Lipinski definition) is 30. The number of amides is 4. The number of nitrogen functional groups attached to an aromatic ring is 1. The summed E-state index contributed by atoms with van der Waals surface area (Å²) >= 11 is 22.6. The van der Waals surface area contributed by atoms with Gasteiger partial charge in [-0.1, -0.05) is 86.6 Å². The molecule has 0 radical (unpaired) electrons. The van der Waals surface area contributed by atoms with Gasteiger partial charge >= 0.3 is 42.8 Å². The topological polar surface area (TPSA) is 573 Å². The number of carbonyl (C=O) groups excluding carboxylic acids is 6. The summed E-state index contributed by atoms with van der Waals surface area (Å²) in [6.45, 7) is 31.3. The van der Waals surface area contributed by atoms with E-state index in [0.717, 1.165) is 72.9 Å². The van der Waals surface area contributed by atoms with Gasteiger partial charge in [-0.05, 0) is 263 Å². The third-order valence-electron chi connectivity index (χ3n) is 16.5. The van der Waals surface area contributed by atoms with Crippen molar-refractivity contribution in [3.8, 4) is 6.01 Å². The molecule has 6 aromatic heterocycles. The number of benzene rings is 6. The smallest absolute Gasteiger partial charge is 0.870 e. The molecule has 12 rings (SSSR count). The van der Waals surface area contributed by atoms with Crippen molar-refractivity contribution in [2.45, 2.75) is 123 Å². The Morgan fingerprint density at radius 3 is 1.17 bits per heavy atom. The number of rotatable bonds is 23. The second kappa shape index (κ2) is 50.5. The molecule has 0 bridgehead atoms. The number of aryl methyl sites for hydroxylation is 10. The number of carbonyl (C=O) groups is 7. The van der Waals surface area contributed by atoms with Crippen LogP contribution >= 0.6 is 46.4 Å². The van der Waals surface area contributed by atoms with Crippen LogP contribution in [-0.4, -0.2) is 142 Å². The fourth-order valence-corrected chi connectivity index (χ4v) is 11.9. The zero-order valence-corrected chi connectivity index (χ0v) is 75.4. The standard InChI is InChI=1S/C19H17N7O2.C18H24N6O2.C15H16ClN3O2.C13H12ClN3O2.C8H11N.C7H6Cl2N2O2.C5H12N2O.Li.H2O/c1-11-7-12(2)9-13(8-11)22-18-14(17(20)27)10-21-19(23-18)28-26-16-6-4-3-5-15(16)24-25-26;1-9(2)14(16(20)26)23-18-21-8-13(15(19)25)17(24-18)22-12-6-10(3)5-11(4)7-12;1-4-21-14(20)12-8-17-15(16)19-13(12)18-11-6-9(2)5-10(3)7-11;1-7-3-8(2)5-9(4-7)16-11-10(12(18)19)6-15-13(14)17-11;1-6-3-7(2)5-8(9)4-6;1-2-13-6(12)4-3-10-7(9)11-5(4)8;1-3(2)4(6)5(7)8;;/h3-10H,1-2H3,(H2,20,27)(H,21,22,23);5-9,14H,1-4H3,(H2,19,25)(H2,20,26)(H2,21,22,23,24);5-8H,4H2,1-3H3,(H,17,18,19);3-6H,1-2H3,(H,18,19)(H,15,16,17);3-5H,9H2,1-2H3;3H,2H2,1H3;3-4H,6H2,1-2H3,(H2,7,8);;1H2/q;;;;;;;+1;/p-1/t;14-;;;;;4-;;/m.1....1../s1. The van der Waals surface area contributed by atoms with Gasteiger partial charge in [0.25, 0.3) is 11.8 Å². The average Bonchev–Trinajstić information content (AvgIpc) is 1.73. The molecular weight excluding hydrogens is 1700 g/mol. The van der Waals surface area contributed by atoms with E-state index in [1.54, 1.807) is 13.8 Å². The van der Waals surface area contributed by atoms with Gasteiger partial charge in [0.2, 0.25) is 33.6 Å². The predicted molar refractivity (Wildman–Crippen MR) is 482 cm³/mol. The van der Waals surface area contributed by atoms with Crippen LogP contribution in [0, 0.1) is 81.1 Å². The zero-order chi connectivity index (χ0) is 91.9. The van der Waals surface area contributed by atoms with Crippen molar-refractivity contribution in [2.24, 2.45) is 40.5 Å². The van der Waals surface area contributed by atoms with Gasteiger partial charge < -0.3 is 85.9 Å². The maximum Gasteiger partial charge on any atom is 1.00 e. The summed E-state index contributed by atoms with van der Waals surface area (Å²) in [5, 5.41) is 32.3. The fourth-order valence-electron chi connectivity index (χ4n) is 11.3.